The van der Waals surface area contributed by atoms with Crippen molar-refractivity contribution >= 4 is 29.5 Å². The minimum Gasteiger partial charge on any atom is -0.425 e. The van der Waals surface area contributed by atoms with Crippen LogP contribution in [0.4, 0.5) is 0 Å². The summed E-state index contributed by atoms with van der Waals surface area (Å²) in [6.07, 6.45) is 2.63. The maximum absolute atomic E-state index is 12.1. The lowest BCUT2D eigenvalue weighted by molar-refractivity contribution is 0.289. The first kappa shape index (κ1) is 27.0. The van der Waals surface area contributed by atoms with Gasteiger partial charge in [0, 0.05) is 25.7 Å². The highest BCUT2D eigenvalue weighted by atomic mass is 32.2. The molecule has 5 unspecified atom stereocenters. The van der Waals surface area contributed by atoms with Crippen molar-refractivity contribution in [1.29, 1.82) is 0 Å². The predicted octanol–water partition coefficient (Wildman–Crippen LogP) is -0.178. The van der Waals surface area contributed by atoms with E-state index >= 15 is 0 Å². The van der Waals surface area contributed by atoms with Crippen molar-refractivity contribution < 1.29 is 42.9 Å². The zero-order chi connectivity index (χ0) is 28.5. The van der Waals surface area contributed by atoms with Crippen molar-refractivity contribution in [3.63, 3.8) is 0 Å². The van der Waals surface area contributed by atoms with Crippen molar-refractivity contribution in [2.75, 3.05) is 18.8 Å². The molecular formula is C18H20N8O10S3. The van der Waals surface area contributed by atoms with Crippen LogP contribution in [0.1, 0.15) is 60.0 Å². The Morgan fingerprint density at radius 3 is 1.08 bits per heavy atom. The van der Waals surface area contributed by atoms with Crippen molar-refractivity contribution in [3.05, 3.63) is 29.5 Å². The van der Waals surface area contributed by atoms with Crippen LogP contribution in [-0.2, 0) is 29.5 Å². The Morgan fingerprint density at radius 2 is 0.795 bits per heavy atom. The average Bonchev–Trinajstić information content (AvgIpc) is 3.60. The van der Waals surface area contributed by atoms with Gasteiger partial charge in [0.2, 0.25) is 59.0 Å². The van der Waals surface area contributed by atoms with E-state index in [1.165, 1.54) is 0 Å². The molecule has 210 valence electrons. The van der Waals surface area contributed by atoms with Gasteiger partial charge in [0.15, 0.2) is 0 Å². The summed E-state index contributed by atoms with van der Waals surface area (Å²) in [6.45, 7) is 3.27. The molecule has 4 heterocycles. The molecule has 21 heteroatoms. The third-order valence-corrected chi connectivity index (χ3v) is 8.59. The standard InChI is InChI=1S/C18H20N8O10S3/c1-6-8(12-20-19-7(2)33-12)10(14-22-25-17(35-14)38(4,29)30)11(15-23-26-18(36-15)39(5,31)32)9(6)13-21-24-16(34-13)37(3,27)28/h6,8-11H,1-5H3. The Hall–Kier alpha value is -3.59. The second kappa shape index (κ2) is 8.98. The molecule has 1 aliphatic rings. The minimum absolute atomic E-state index is 0.0855. The van der Waals surface area contributed by atoms with Crippen molar-refractivity contribution in [2.45, 2.75) is 53.2 Å². The summed E-state index contributed by atoms with van der Waals surface area (Å²) in [5, 5.41) is 28.6. The van der Waals surface area contributed by atoms with Crippen LogP contribution in [0.25, 0.3) is 0 Å². The summed E-state index contributed by atoms with van der Waals surface area (Å²) in [6, 6.07) is 0. The van der Waals surface area contributed by atoms with E-state index in [1.54, 1.807) is 13.8 Å². The third kappa shape index (κ3) is 4.84. The van der Waals surface area contributed by atoms with E-state index in [1.807, 2.05) is 0 Å². The number of hydrogen-bond donors (Lipinski definition) is 0. The first-order valence-corrected chi connectivity index (χ1v) is 16.6. The van der Waals surface area contributed by atoms with Gasteiger partial charge in [0.05, 0.1) is 23.7 Å². The molecule has 0 spiro atoms. The molecule has 18 nitrogen and oxygen atoms in total. The molecule has 0 amide bonds. The Bertz CT molecular complexity index is 1870. The molecule has 5 atom stereocenters. The molecule has 1 aliphatic carbocycles. The second-order valence-corrected chi connectivity index (χ2v) is 14.8. The van der Waals surface area contributed by atoms with Gasteiger partial charge in [-0.25, -0.2) is 25.3 Å². The van der Waals surface area contributed by atoms with Crippen LogP contribution in [0, 0.1) is 12.8 Å². The van der Waals surface area contributed by atoms with E-state index < -0.39 is 74.8 Å². The highest BCUT2D eigenvalue weighted by Gasteiger charge is 2.59. The Labute approximate surface area is 220 Å². The van der Waals surface area contributed by atoms with E-state index in [2.05, 4.69) is 40.8 Å². The molecule has 0 aliphatic heterocycles. The SMILES string of the molecule is Cc1nnc(C2C(C)C(c3nnc(S(C)(=O)=O)o3)C(c3nnc(S(C)(=O)=O)o3)C2c2nnc(S(C)(=O)=O)o2)o1. The number of sulfone groups is 3. The largest absolute Gasteiger partial charge is 0.425 e. The first-order valence-electron chi connectivity index (χ1n) is 11.0. The molecule has 4 aromatic heterocycles. The maximum atomic E-state index is 12.1. The fourth-order valence-electron chi connectivity index (χ4n) is 4.66. The van der Waals surface area contributed by atoms with Crippen molar-refractivity contribution in [3.8, 4) is 0 Å². The summed E-state index contributed by atoms with van der Waals surface area (Å²) < 4.78 is 94.8. The third-order valence-electron chi connectivity index (χ3n) is 6.19. The summed E-state index contributed by atoms with van der Waals surface area (Å²) >= 11 is 0. The lowest BCUT2D eigenvalue weighted by Gasteiger charge is -2.18. The number of aromatic nitrogens is 8. The summed E-state index contributed by atoms with van der Waals surface area (Å²) in [7, 11) is -11.7. The summed E-state index contributed by atoms with van der Waals surface area (Å²) in [5.41, 5.74) is 0. The molecule has 0 N–H and O–H groups in total. The van der Waals surface area contributed by atoms with Crippen LogP contribution < -0.4 is 0 Å². The number of aryl methyl sites for hydroxylation is 1. The van der Waals surface area contributed by atoms with E-state index in [0.717, 1.165) is 18.8 Å². The van der Waals surface area contributed by atoms with Gasteiger partial charge in [-0.2, -0.15) is 0 Å². The van der Waals surface area contributed by atoms with E-state index in [0.29, 0.717) is 0 Å². The van der Waals surface area contributed by atoms with Crippen LogP contribution in [-0.4, -0.2) is 84.8 Å². The van der Waals surface area contributed by atoms with Crippen LogP contribution in [0.2, 0.25) is 0 Å². The molecule has 1 saturated carbocycles. The quantitative estimate of drug-likeness (QED) is 0.265. The summed E-state index contributed by atoms with van der Waals surface area (Å²) in [5.74, 6) is -4.79. The predicted molar refractivity (Wildman–Crippen MR) is 121 cm³/mol. The maximum Gasteiger partial charge on any atom is 0.335 e. The molecule has 0 aromatic carbocycles. The van der Waals surface area contributed by atoms with Gasteiger partial charge >= 0.3 is 15.7 Å². The van der Waals surface area contributed by atoms with E-state index in [4.69, 9.17) is 17.7 Å². The Kier molecular flexibility index (Phi) is 6.21. The lowest BCUT2D eigenvalue weighted by atomic mass is 9.86. The smallest absolute Gasteiger partial charge is 0.335 e. The van der Waals surface area contributed by atoms with Crippen LogP contribution in [0.3, 0.4) is 0 Å². The Balaban J connectivity index is 1.76. The molecule has 5 rings (SSSR count). The van der Waals surface area contributed by atoms with Gasteiger partial charge in [-0.3, -0.25) is 0 Å². The van der Waals surface area contributed by atoms with Gasteiger partial charge in [0.1, 0.15) is 0 Å². The highest BCUT2D eigenvalue weighted by Crippen LogP contribution is 2.62. The van der Waals surface area contributed by atoms with Gasteiger partial charge in [-0.15, -0.1) is 25.5 Å². The topological polar surface area (TPSA) is 258 Å². The zero-order valence-corrected chi connectivity index (χ0v) is 23.2. The van der Waals surface area contributed by atoms with Gasteiger partial charge in [-0.1, -0.05) is 22.2 Å². The summed E-state index contributed by atoms with van der Waals surface area (Å²) in [4.78, 5) is 0. The number of hydrogen-bond acceptors (Lipinski definition) is 18. The zero-order valence-electron chi connectivity index (χ0n) is 20.8. The van der Waals surface area contributed by atoms with Crippen LogP contribution >= 0.6 is 0 Å². The fraction of sp³-hybridized carbons (Fsp3) is 0.556. The van der Waals surface area contributed by atoms with E-state index in [-0.39, 0.29) is 29.5 Å². The van der Waals surface area contributed by atoms with Crippen LogP contribution in [0.5, 0.6) is 0 Å². The number of nitrogens with zero attached hydrogens (tertiary/aromatic N) is 8. The minimum atomic E-state index is -3.92. The average molecular weight is 605 g/mol. The van der Waals surface area contributed by atoms with Gasteiger partial charge in [-0.05, 0) is 5.92 Å². The van der Waals surface area contributed by atoms with Gasteiger partial charge < -0.3 is 17.7 Å². The first-order chi connectivity index (χ1) is 18.1. The highest BCUT2D eigenvalue weighted by molar-refractivity contribution is 7.90. The fourth-order valence-corrected chi connectivity index (χ4v) is 5.93. The monoisotopic (exact) mass is 604 g/mol. The molecule has 0 radical (unpaired) electrons. The second-order valence-electron chi connectivity index (χ2n) is 9.16. The van der Waals surface area contributed by atoms with Crippen molar-refractivity contribution in [2.24, 2.45) is 5.92 Å². The van der Waals surface area contributed by atoms with Gasteiger partial charge in [0.25, 0.3) is 0 Å². The van der Waals surface area contributed by atoms with Crippen LogP contribution in [0.15, 0.2) is 33.3 Å². The van der Waals surface area contributed by atoms with Crippen molar-refractivity contribution in [1.82, 2.24) is 40.8 Å². The molecule has 4 aromatic rings. The molecular weight excluding hydrogens is 584 g/mol. The molecule has 1 fully saturated rings. The Morgan fingerprint density at radius 1 is 0.487 bits per heavy atom. The molecule has 0 bridgehead atoms. The molecule has 0 saturated heterocycles. The lowest BCUT2D eigenvalue weighted by Crippen LogP contribution is -2.15. The normalized spacial score (nSPS) is 24.4. The number of rotatable bonds is 7. The van der Waals surface area contributed by atoms with E-state index in [9.17, 15) is 25.3 Å². The molecule has 39 heavy (non-hydrogen) atoms.